The molecule has 18 heavy (non-hydrogen) atoms. The molecule has 1 rings (SSSR count). The number of benzene rings is 1. The standard InChI is InChI=1S/C14H21NO3/c1-13(2,15)14(3,9-12(16)17)10-5-7-11(18-4)8-6-10/h5-8H,9,15H2,1-4H3,(H,16,17). The molecule has 0 aliphatic carbocycles. The van der Waals surface area contributed by atoms with Crippen molar-refractivity contribution in [3.63, 3.8) is 0 Å². The van der Waals surface area contributed by atoms with Gasteiger partial charge >= 0.3 is 5.97 Å². The number of carbonyl (C=O) groups is 1. The van der Waals surface area contributed by atoms with Crippen molar-refractivity contribution in [2.45, 2.75) is 38.1 Å². The van der Waals surface area contributed by atoms with Crippen LogP contribution in [-0.4, -0.2) is 23.7 Å². The molecular formula is C14H21NO3. The van der Waals surface area contributed by atoms with Crippen molar-refractivity contribution in [2.75, 3.05) is 7.11 Å². The van der Waals surface area contributed by atoms with Gasteiger partial charge in [0.1, 0.15) is 5.75 Å². The van der Waals surface area contributed by atoms with Gasteiger partial charge in [0.25, 0.3) is 0 Å². The molecule has 1 aromatic carbocycles. The van der Waals surface area contributed by atoms with Crippen LogP contribution in [0.4, 0.5) is 0 Å². The summed E-state index contributed by atoms with van der Waals surface area (Å²) in [5.41, 5.74) is 5.80. The van der Waals surface area contributed by atoms with Gasteiger partial charge in [-0.2, -0.15) is 0 Å². The van der Waals surface area contributed by atoms with Crippen molar-refractivity contribution in [1.29, 1.82) is 0 Å². The molecule has 0 saturated heterocycles. The molecule has 100 valence electrons. The summed E-state index contributed by atoms with van der Waals surface area (Å²) in [4.78, 5) is 11.1. The topological polar surface area (TPSA) is 72.5 Å². The van der Waals surface area contributed by atoms with Gasteiger partial charge in [0, 0.05) is 11.0 Å². The highest BCUT2D eigenvalue weighted by Gasteiger charge is 2.41. The minimum absolute atomic E-state index is 0.0111. The second-order valence-corrected chi connectivity index (χ2v) is 5.35. The van der Waals surface area contributed by atoms with E-state index >= 15 is 0 Å². The van der Waals surface area contributed by atoms with Crippen molar-refractivity contribution in [1.82, 2.24) is 0 Å². The first-order valence-corrected chi connectivity index (χ1v) is 5.86. The normalized spacial score (nSPS) is 14.9. The lowest BCUT2D eigenvalue weighted by Gasteiger charge is -2.41. The number of carboxylic acid groups (broad SMARTS) is 1. The van der Waals surface area contributed by atoms with Gasteiger partial charge in [-0.15, -0.1) is 0 Å². The summed E-state index contributed by atoms with van der Waals surface area (Å²) < 4.78 is 5.10. The van der Waals surface area contributed by atoms with Gasteiger partial charge in [-0.05, 0) is 31.5 Å². The van der Waals surface area contributed by atoms with Crippen LogP contribution in [0.3, 0.4) is 0 Å². The van der Waals surface area contributed by atoms with Gasteiger partial charge in [-0.3, -0.25) is 4.79 Å². The Morgan fingerprint density at radius 1 is 1.28 bits per heavy atom. The van der Waals surface area contributed by atoms with Crippen LogP contribution in [0.25, 0.3) is 0 Å². The number of methoxy groups -OCH3 is 1. The van der Waals surface area contributed by atoms with Crippen LogP contribution in [0, 0.1) is 0 Å². The van der Waals surface area contributed by atoms with Crippen LogP contribution < -0.4 is 10.5 Å². The van der Waals surface area contributed by atoms with E-state index in [1.807, 2.05) is 45.0 Å². The average molecular weight is 251 g/mol. The second-order valence-electron chi connectivity index (χ2n) is 5.35. The smallest absolute Gasteiger partial charge is 0.304 e. The maximum atomic E-state index is 11.1. The van der Waals surface area contributed by atoms with Gasteiger partial charge in [-0.25, -0.2) is 0 Å². The quantitative estimate of drug-likeness (QED) is 0.841. The Morgan fingerprint density at radius 3 is 2.11 bits per heavy atom. The van der Waals surface area contributed by atoms with Crippen molar-refractivity contribution < 1.29 is 14.6 Å². The lowest BCUT2D eigenvalue weighted by Crippen LogP contribution is -2.53. The third kappa shape index (κ3) is 2.82. The first kappa shape index (κ1) is 14.5. The van der Waals surface area contributed by atoms with Gasteiger partial charge in [0.15, 0.2) is 0 Å². The van der Waals surface area contributed by atoms with Crippen molar-refractivity contribution in [2.24, 2.45) is 5.73 Å². The molecule has 3 N–H and O–H groups in total. The number of ether oxygens (including phenoxy) is 1. The average Bonchev–Trinajstić information content (AvgIpc) is 2.26. The zero-order chi connectivity index (χ0) is 14.0. The lowest BCUT2D eigenvalue weighted by molar-refractivity contribution is -0.139. The van der Waals surface area contributed by atoms with Crippen molar-refractivity contribution in [3.05, 3.63) is 29.8 Å². The maximum absolute atomic E-state index is 11.1. The Balaban J connectivity index is 3.21. The molecular weight excluding hydrogens is 230 g/mol. The van der Waals surface area contributed by atoms with Crippen LogP contribution in [0.1, 0.15) is 32.8 Å². The minimum Gasteiger partial charge on any atom is -0.497 e. The summed E-state index contributed by atoms with van der Waals surface area (Å²) in [6.07, 6.45) is -0.0111. The van der Waals surface area contributed by atoms with Crippen LogP contribution in [0.5, 0.6) is 5.75 Å². The van der Waals surface area contributed by atoms with E-state index in [9.17, 15) is 4.79 Å². The molecule has 4 nitrogen and oxygen atoms in total. The number of aliphatic carboxylic acids is 1. The summed E-state index contributed by atoms with van der Waals surface area (Å²) in [5.74, 6) is -0.113. The predicted molar refractivity (Wildman–Crippen MR) is 70.9 cm³/mol. The summed E-state index contributed by atoms with van der Waals surface area (Å²) in [6, 6.07) is 7.38. The molecule has 0 aromatic heterocycles. The molecule has 0 aliphatic rings. The van der Waals surface area contributed by atoms with Gasteiger partial charge in [0.2, 0.25) is 0 Å². The molecule has 0 saturated carbocycles. The largest absolute Gasteiger partial charge is 0.497 e. The molecule has 0 bridgehead atoms. The minimum atomic E-state index is -0.855. The molecule has 0 heterocycles. The number of nitrogens with two attached hydrogens (primary N) is 1. The molecule has 0 spiro atoms. The van der Waals surface area contributed by atoms with E-state index in [0.717, 1.165) is 11.3 Å². The summed E-state index contributed by atoms with van der Waals surface area (Å²) in [7, 11) is 1.60. The van der Waals surface area contributed by atoms with Crippen LogP contribution >= 0.6 is 0 Å². The van der Waals surface area contributed by atoms with E-state index in [2.05, 4.69) is 0 Å². The Morgan fingerprint density at radius 2 is 1.78 bits per heavy atom. The first-order chi connectivity index (χ1) is 8.20. The van der Waals surface area contributed by atoms with Crippen molar-refractivity contribution >= 4 is 5.97 Å². The fraction of sp³-hybridized carbons (Fsp3) is 0.500. The Kier molecular flexibility index (Phi) is 4.02. The zero-order valence-corrected chi connectivity index (χ0v) is 11.4. The number of rotatable bonds is 5. The highest BCUT2D eigenvalue weighted by molar-refractivity contribution is 5.69. The molecule has 0 aliphatic heterocycles. The Bertz CT molecular complexity index is 420. The number of hydrogen-bond acceptors (Lipinski definition) is 3. The summed E-state index contributed by atoms with van der Waals surface area (Å²) >= 11 is 0. The molecule has 0 amide bonds. The van der Waals surface area contributed by atoms with E-state index in [1.54, 1.807) is 7.11 Å². The SMILES string of the molecule is COc1ccc(C(C)(CC(=O)O)C(C)(C)N)cc1. The van der Waals surface area contributed by atoms with E-state index in [0.29, 0.717) is 0 Å². The third-order valence-corrected chi connectivity index (χ3v) is 3.65. The molecule has 1 unspecified atom stereocenters. The summed E-state index contributed by atoms with van der Waals surface area (Å²) in [5, 5.41) is 9.09. The molecule has 0 fully saturated rings. The number of carboxylic acids is 1. The van der Waals surface area contributed by atoms with E-state index in [1.165, 1.54) is 0 Å². The van der Waals surface area contributed by atoms with Crippen molar-refractivity contribution in [3.8, 4) is 5.75 Å². The van der Waals surface area contributed by atoms with E-state index in [4.69, 9.17) is 15.6 Å². The maximum Gasteiger partial charge on any atom is 0.304 e. The van der Waals surface area contributed by atoms with Crippen LogP contribution in [-0.2, 0) is 10.2 Å². The monoisotopic (exact) mass is 251 g/mol. The fourth-order valence-corrected chi connectivity index (χ4v) is 1.96. The predicted octanol–water partition coefficient (Wildman–Crippen LogP) is 2.16. The van der Waals surface area contributed by atoms with Gasteiger partial charge in [-0.1, -0.05) is 19.1 Å². The van der Waals surface area contributed by atoms with Crippen LogP contribution in [0.2, 0.25) is 0 Å². The molecule has 1 atom stereocenters. The van der Waals surface area contributed by atoms with E-state index in [-0.39, 0.29) is 6.42 Å². The molecule has 4 heteroatoms. The third-order valence-electron chi connectivity index (χ3n) is 3.65. The highest BCUT2D eigenvalue weighted by atomic mass is 16.5. The molecule has 0 radical (unpaired) electrons. The van der Waals surface area contributed by atoms with E-state index < -0.39 is 16.9 Å². The highest BCUT2D eigenvalue weighted by Crippen LogP contribution is 2.37. The molecule has 1 aromatic rings. The van der Waals surface area contributed by atoms with Gasteiger partial charge in [0.05, 0.1) is 13.5 Å². The van der Waals surface area contributed by atoms with Crippen LogP contribution in [0.15, 0.2) is 24.3 Å². The first-order valence-electron chi connectivity index (χ1n) is 5.86. The fourth-order valence-electron chi connectivity index (χ4n) is 1.96. The van der Waals surface area contributed by atoms with Gasteiger partial charge < -0.3 is 15.6 Å². The summed E-state index contributed by atoms with van der Waals surface area (Å²) in [6.45, 7) is 5.57. The Labute approximate surface area is 108 Å². The number of hydrogen-bond donors (Lipinski definition) is 2. The zero-order valence-electron chi connectivity index (χ0n) is 11.4. The second kappa shape index (κ2) is 4.98. The lowest BCUT2D eigenvalue weighted by atomic mass is 9.66. The Hall–Kier alpha value is -1.55.